The van der Waals surface area contributed by atoms with Crippen molar-refractivity contribution in [3.63, 3.8) is 0 Å². The predicted molar refractivity (Wildman–Crippen MR) is 262 cm³/mol. The molecule has 1 aliphatic heterocycles. The molecule has 5 heterocycles. The van der Waals surface area contributed by atoms with Crippen LogP contribution in [0, 0.1) is 30.1 Å². The van der Waals surface area contributed by atoms with Crippen LogP contribution in [0.4, 0.5) is 22.6 Å². The van der Waals surface area contributed by atoms with Crippen molar-refractivity contribution in [2.75, 3.05) is 43.5 Å². The number of hydrogen-bond donors (Lipinski definition) is 2. The highest BCUT2D eigenvalue weighted by atomic mass is 32.1. The van der Waals surface area contributed by atoms with Gasteiger partial charge in [-0.05, 0) is 126 Å². The molecule has 2 N–H and O–H groups in total. The largest absolute Gasteiger partial charge is 0.476 e. The summed E-state index contributed by atoms with van der Waals surface area (Å²) >= 11 is 1.58. The zero-order valence-corrected chi connectivity index (χ0v) is 40.7. The van der Waals surface area contributed by atoms with E-state index < -0.39 is 5.97 Å². The molecule has 4 aromatic heterocycles. The number of rotatable bonds is 21. The summed E-state index contributed by atoms with van der Waals surface area (Å²) in [4.78, 5) is 27.1. The van der Waals surface area contributed by atoms with Gasteiger partial charge in [-0.2, -0.15) is 5.10 Å². The molecule has 5 aromatic rings. The van der Waals surface area contributed by atoms with Crippen LogP contribution in [0.25, 0.3) is 21.3 Å². The predicted octanol–water partition coefficient (Wildman–Crippen LogP) is 12.1. The van der Waals surface area contributed by atoms with Gasteiger partial charge >= 0.3 is 5.97 Å². The number of carboxylic acid groups (broad SMARTS) is 1. The molecule has 5 aliphatic rings. The summed E-state index contributed by atoms with van der Waals surface area (Å²) in [6.07, 6.45) is 22.7. The Kier molecular flexibility index (Phi) is 13.1. The van der Waals surface area contributed by atoms with Gasteiger partial charge in [-0.15, -0.1) is 10.2 Å². The Bertz CT molecular complexity index is 2450. The number of nitrogens with zero attached hydrogens (tertiary/aromatic N) is 8. The molecule has 12 nitrogen and oxygen atoms in total. The zero-order chi connectivity index (χ0) is 45.4. The average Bonchev–Trinajstić information content (AvgIpc) is 3.83. The number of carbonyl (C=O) groups is 1. The Morgan fingerprint density at radius 3 is 2.35 bits per heavy atom. The molecule has 1 aromatic carbocycles. The number of unbranched alkanes of at least 4 members (excludes halogenated alkanes) is 8. The first-order valence-corrected chi connectivity index (χ1v) is 25.5. The maximum atomic E-state index is 13.0. The van der Waals surface area contributed by atoms with Gasteiger partial charge in [0, 0.05) is 47.6 Å². The fraction of sp³-hybridized carbons (Fsp3) is 0.615. The quantitative estimate of drug-likeness (QED) is 0.0682. The van der Waals surface area contributed by atoms with Gasteiger partial charge in [0.1, 0.15) is 5.82 Å². The Morgan fingerprint density at radius 2 is 1.62 bits per heavy atom. The molecule has 0 amide bonds. The van der Waals surface area contributed by atoms with Crippen LogP contribution in [0.1, 0.15) is 151 Å². The number of anilines is 4. The number of ether oxygens (including phenoxy) is 1. The lowest BCUT2D eigenvalue weighted by molar-refractivity contribution is -0.248. The van der Waals surface area contributed by atoms with E-state index in [1.165, 1.54) is 77.0 Å². The number of aromatic carboxylic acids is 1. The number of carboxylic acids is 1. The lowest BCUT2D eigenvalue weighted by Crippen LogP contribution is -2.64. The maximum absolute atomic E-state index is 13.0. The molecule has 2 unspecified atom stereocenters. The van der Waals surface area contributed by atoms with Gasteiger partial charge in [-0.25, -0.2) is 14.8 Å². The third-order valence-corrected chi connectivity index (χ3v) is 16.3. The number of benzene rings is 1. The van der Waals surface area contributed by atoms with Crippen LogP contribution in [0.5, 0.6) is 0 Å². The summed E-state index contributed by atoms with van der Waals surface area (Å²) in [5.41, 5.74) is 5.82. The first-order chi connectivity index (χ1) is 31.3. The van der Waals surface area contributed by atoms with Crippen molar-refractivity contribution in [1.29, 1.82) is 0 Å². The molecule has 0 radical (unpaired) electrons. The minimum absolute atomic E-state index is 0.0148. The smallest absolute Gasteiger partial charge is 0.355 e. The van der Waals surface area contributed by atoms with Gasteiger partial charge in [0.2, 0.25) is 0 Å². The molecule has 13 heteroatoms. The highest BCUT2D eigenvalue weighted by molar-refractivity contribution is 7.22. The van der Waals surface area contributed by atoms with E-state index in [-0.39, 0.29) is 27.5 Å². The molecular formula is C52H71N9O3S. The monoisotopic (exact) mass is 902 g/mol. The number of thiazole rings is 1. The van der Waals surface area contributed by atoms with Crippen LogP contribution in [0.3, 0.4) is 0 Å². The number of likely N-dealkylation sites (N-methyl/N-ethyl adjacent to an activating group) is 1. The van der Waals surface area contributed by atoms with E-state index in [4.69, 9.17) is 24.9 Å². The van der Waals surface area contributed by atoms with Crippen LogP contribution >= 0.6 is 11.3 Å². The van der Waals surface area contributed by atoms with Gasteiger partial charge < -0.3 is 25.0 Å². The summed E-state index contributed by atoms with van der Waals surface area (Å²) in [5.74, 6) is 0.871. The van der Waals surface area contributed by atoms with Crippen molar-refractivity contribution in [2.45, 2.75) is 156 Å². The number of pyridine rings is 1. The SMILES string of the molecule is CCCCCCCCCCCN(C)CCOC12CC3(C)CC(C)(CC(Cn4ncc(-c5ccc(N6CCCc7c6nnc(Nc6nc8ccccc8s6)c7C)nc5C(=O)O)c4C)(C3)C1)C2. The van der Waals surface area contributed by atoms with E-state index in [1.54, 1.807) is 11.3 Å². The summed E-state index contributed by atoms with van der Waals surface area (Å²) in [6.45, 7) is 15.8. The lowest BCUT2D eigenvalue weighted by atomic mass is 9.39. The summed E-state index contributed by atoms with van der Waals surface area (Å²) in [5, 5.41) is 29.1. The Labute approximate surface area is 390 Å². The van der Waals surface area contributed by atoms with Gasteiger partial charge in [0.25, 0.3) is 0 Å². The van der Waals surface area contributed by atoms with Gasteiger partial charge in [-0.1, -0.05) is 95.6 Å². The van der Waals surface area contributed by atoms with Crippen molar-refractivity contribution in [3.8, 4) is 11.1 Å². The minimum atomic E-state index is -1.07. The van der Waals surface area contributed by atoms with Crippen molar-refractivity contribution in [3.05, 3.63) is 65.1 Å². The number of nitrogens with one attached hydrogen (secondary N) is 1. The Hall–Kier alpha value is -4.46. The zero-order valence-electron chi connectivity index (χ0n) is 39.8. The Balaban J connectivity index is 0.872. The first kappa shape index (κ1) is 45.7. The van der Waals surface area contributed by atoms with E-state index in [1.807, 2.05) is 41.4 Å². The summed E-state index contributed by atoms with van der Waals surface area (Å²) in [6, 6.07) is 11.9. The molecule has 0 saturated heterocycles. The van der Waals surface area contributed by atoms with Crippen LogP contribution in [-0.2, 0) is 17.7 Å². The minimum Gasteiger partial charge on any atom is -0.476 e. The third kappa shape index (κ3) is 9.70. The summed E-state index contributed by atoms with van der Waals surface area (Å²) < 4.78 is 10.4. The second-order valence-electron chi connectivity index (χ2n) is 21.4. The number of fused-ring (bicyclic) bond motifs is 2. The van der Waals surface area contributed by atoms with Gasteiger partial charge in [0.05, 0.1) is 28.6 Å². The van der Waals surface area contributed by atoms with Crippen molar-refractivity contribution in [1.82, 2.24) is 34.8 Å². The fourth-order valence-corrected chi connectivity index (χ4v) is 14.4. The van der Waals surface area contributed by atoms with Crippen LogP contribution in [0.15, 0.2) is 42.6 Å². The molecule has 4 fully saturated rings. The van der Waals surface area contributed by atoms with Gasteiger partial charge in [-0.3, -0.25) is 4.68 Å². The molecule has 4 saturated carbocycles. The van der Waals surface area contributed by atoms with Crippen molar-refractivity contribution in [2.24, 2.45) is 16.2 Å². The lowest BCUT2D eigenvalue weighted by Gasteiger charge is -2.69. The third-order valence-electron chi connectivity index (χ3n) is 15.3. The Morgan fingerprint density at radius 1 is 0.877 bits per heavy atom. The topological polar surface area (TPSA) is 134 Å². The highest BCUT2D eigenvalue weighted by Crippen LogP contribution is 2.72. The fourth-order valence-electron chi connectivity index (χ4n) is 13.5. The molecule has 0 spiro atoms. The average molecular weight is 902 g/mol. The molecule has 65 heavy (non-hydrogen) atoms. The van der Waals surface area contributed by atoms with Crippen molar-refractivity contribution >= 4 is 50.1 Å². The van der Waals surface area contributed by atoms with E-state index in [9.17, 15) is 9.90 Å². The molecule has 4 bridgehead atoms. The molecule has 4 aliphatic carbocycles. The summed E-state index contributed by atoms with van der Waals surface area (Å²) in [7, 11) is 2.26. The molecule has 348 valence electrons. The number of para-hydroxylation sites is 1. The van der Waals surface area contributed by atoms with Crippen LogP contribution < -0.4 is 10.2 Å². The maximum Gasteiger partial charge on any atom is 0.355 e. The molecular weight excluding hydrogens is 831 g/mol. The second-order valence-corrected chi connectivity index (χ2v) is 22.4. The highest BCUT2D eigenvalue weighted by Gasteiger charge is 2.66. The second kappa shape index (κ2) is 18.7. The van der Waals surface area contributed by atoms with Crippen LogP contribution in [-0.4, -0.2) is 84.8 Å². The number of aromatic nitrogens is 6. The van der Waals surface area contributed by atoms with E-state index in [2.05, 4.69) is 67.7 Å². The first-order valence-electron chi connectivity index (χ1n) is 24.6. The van der Waals surface area contributed by atoms with Crippen molar-refractivity contribution < 1.29 is 14.6 Å². The van der Waals surface area contributed by atoms with E-state index >= 15 is 0 Å². The molecule has 10 rings (SSSR count). The van der Waals surface area contributed by atoms with E-state index in [0.717, 1.165) is 96.1 Å². The number of hydrogen-bond acceptors (Lipinski definition) is 11. The van der Waals surface area contributed by atoms with Crippen LogP contribution in [0.2, 0.25) is 0 Å². The van der Waals surface area contributed by atoms with E-state index in [0.29, 0.717) is 29.6 Å². The normalized spacial score (nSPS) is 24.6. The molecule has 2 atom stereocenters. The standard InChI is InChI=1S/C52H71N9O3S/c1-7-8-9-10-11-12-13-14-17-24-59(6)26-27-64-52-32-49(4)29-50(5,33-52)31-51(30-49,34-52)35-61-37(3)40(28-53-61)39-22-23-43(55-44(39)47(62)63)60-25-18-19-38-36(2)45(57-58-46(38)60)56-48-54-41-20-15-16-21-42(41)65-48/h15-16,20-23,28H,7-14,17-19,24-27,29-35H2,1-6H3,(H,62,63)(H,54,56,57). The van der Waals surface area contributed by atoms with Gasteiger partial charge in [0.15, 0.2) is 22.5 Å².